The van der Waals surface area contributed by atoms with E-state index in [2.05, 4.69) is 10.6 Å². The fraction of sp³-hybridized carbons (Fsp3) is 0.857. The summed E-state index contributed by atoms with van der Waals surface area (Å²) in [7, 11) is 0. The Kier molecular flexibility index (Phi) is 6.42. The highest BCUT2D eigenvalue weighted by Crippen LogP contribution is 2.43. The molecule has 3 N–H and O–H groups in total. The molecule has 1 aliphatic rings. The fourth-order valence-electron chi connectivity index (χ4n) is 2.88. The third-order valence-electron chi connectivity index (χ3n) is 4.09. The summed E-state index contributed by atoms with van der Waals surface area (Å²) in [6, 6.07) is 0. The van der Waals surface area contributed by atoms with E-state index in [-0.39, 0.29) is 17.7 Å². The van der Waals surface area contributed by atoms with Gasteiger partial charge in [-0.15, -0.1) is 0 Å². The van der Waals surface area contributed by atoms with Crippen molar-refractivity contribution in [2.75, 3.05) is 17.5 Å². The molecule has 1 aliphatic heterocycles. The van der Waals surface area contributed by atoms with Gasteiger partial charge in [-0.05, 0) is 40.5 Å². The number of alkyl halides is 1. The monoisotopic (exact) mass is 411 g/mol. The molecule has 0 aromatic carbocycles. The third-order valence-corrected chi connectivity index (χ3v) is 4.78. The van der Waals surface area contributed by atoms with Gasteiger partial charge < -0.3 is 15.8 Å². The van der Waals surface area contributed by atoms with Crippen LogP contribution in [0.2, 0.25) is 0 Å². The van der Waals surface area contributed by atoms with Gasteiger partial charge >= 0.3 is 0 Å². The molecule has 0 saturated carbocycles. The Labute approximate surface area is 140 Å². The molecule has 2 amide bonds. The first-order valence-electron chi connectivity index (χ1n) is 7.22. The molecule has 0 spiro atoms. The van der Waals surface area contributed by atoms with Gasteiger partial charge in [-0.1, -0.05) is 22.6 Å². The zero-order valence-corrected chi connectivity index (χ0v) is 15.4. The van der Waals surface area contributed by atoms with Crippen LogP contribution in [0.1, 0.15) is 40.5 Å². The molecular weight excluding hydrogens is 385 g/mol. The van der Waals surface area contributed by atoms with Gasteiger partial charge in [0.05, 0.1) is 15.9 Å². The van der Waals surface area contributed by atoms with Crippen LogP contribution in [0.4, 0.5) is 0 Å². The van der Waals surface area contributed by atoms with E-state index in [4.69, 9.17) is 0 Å². The van der Waals surface area contributed by atoms with Crippen LogP contribution >= 0.6 is 22.6 Å². The van der Waals surface area contributed by atoms with Gasteiger partial charge in [-0.2, -0.15) is 5.06 Å². The predicted molar refractivity (Wildman–Crippen MR) is 89.4 cm³/mol. The van der Waals surface area contributed by atoms with Crippen LogP contribution in [0.15, 0.2) is 0 Å². The van der Waals surface area contributed by atoms with E-state index in [9.17, 15) is 14.8 Å². The van der Waals surface area contributed by atoms with Crippen LogP contribution in [-0.2, 0) is 9.59 Å². The van der Waals surface area contributed by atoms with Crippen molar-refractivity contribution in [3.8, 4) is 0 Å². The maximum absolute atomic E-state index is 12.3. The van der Waals surface area contributed by atoms with Crippen LogP contribution in [0.25, 0.3) is 0 Å². The van der Waals surface area contributed by atoms with Crippen molar-refractivity contribution in [2.45, 2.75) is 51.6 Å². The van der Waals surface area contributed by atoms with Crippen molar-refractivity contribution in [2.24, 2.45) is 5.92 Å². The first-order chi connectivity index (χ1) is 9.63. The highest BCUT2D eigenvalue weighted by molar-refractivity contribution is 14.1. The normalized spacial score (nSPS) is 23.8. The molecule has 1 atom stereocenters. The molecule has 0 aromatic rings. The number of carbonyl (C=O) groups excluding carboxylic acids is 2. The van der Waals surface area contributed by atoms with E-state index in [1.807, 2.05) is 50.3 Å². The summed E-state index contributed by atoms with van der Waals surface area (Å²) in [6.07, 6.45) is 1.32. The first-order valence-corrected chi connectivity index (χ1v) is 8.75. The third kappa shape index (κ3) is 4.53. The van der Waals surface area contributed by atoms with Crippen molar-refractivity contribution in [1.29, 1.82) is 0 Å². The van der Waals surface area contributed by atoms with Crippen molar-refractivity contribution in [3.05, 3.63) is 0 Å². The van der Waals surface area contributed by atoms with Crippen molar-refractivity contribution in [1.82, 2.24) is 15.7 Å². The summed E-state index contributed by atoms with van der Waals surface area (Å²) >= 11 is 2.01. The summed E-state index contributed by atoms with van der Waals surface area (Å²) in [4.78, 5) is 23.4. The van der Waals surface area contributed by atoms with E-state index in [1.54, 1.807) is 0 Å². The van der Waals surface area contributed by atoms with Crippen molar-refractivity contribution >= 4 is 34.4 Å². The Bertz CT molecular complexity index is 399. The van der Waals surface area contributed by atoms with Crippen molar-refractivity contribution in [3.63, 3.8) is 0 Å². The number of hydroxylamine groups is 2. The summed E-state index contributed by atoms with van der Waals surface area (Å²) in [5.41, 5.74) is -0.983. The standard InChI is InChI=1S/C14H26IN3O3/c1-13(2)8-10(14(3,4)18(13)21)12(20)17-7-5-6-16-11(19)9-15/h10,21H,5-9H2,1-4H3,(H,16,19)(H,17,20)/t10-/m1/s1. The van der Waals surface area contributed by atoms with E-state index >= 15 is 0 Å². The zero-order chi connectivity index (χ0) is 16.3. The Balaban J connectivity index is 2.41. The number of hydrogen-bond donors (Lipinski definition) is 3. The highest BCUT2D eigenvalue weighted by Gasteiger charge is 2.54. The maximum Gasteiger partial charge on any atom is 0.229 e. The first kappa shape index (κ1) is 18.6. The van der Waals surface area contributed by atoms with Gasteiger partial charge in [-0.25, -0.2) is 0 Å². The average molecular weight is 411 g/mol. The Morgan fingerprint density at radius 3 is 2.29 bits per heavy atom. The zero-order valence-electron chi connectivity index (χ0n) is 13.2. The number of nitrogens with zero attached hydrogens (tertiary/aromatic N) is 1. The fourth-order valence-corrected chi connectivity index (χ4v) is 3.14. The van der Waals surface area contributed by atoms with Crippen molar-refractivity contribution < 1.29 is 14.8 Å². The molecule has 1 heterocycles. The molecule has 6 nitrogen and oxygen atoms in total. The largest absolute Gasteiger partial charge is 0.356 e. The number of rotatable bonds is 6. The van der Waals surface area contributed by atoms with Gasteiger partial charge in [-0.3, -0.25) is 9.59 Å². The molecule has 0 radical (unpaired) electrons. The summed E-state index contributed by atoms with van der Waals surface area (Å²) in [5, 5.41) is 17.2. The summed E-state index contributed by atoms with van der Waals surface area (Å²) in [5.74, 6) is -0.275. The lowest BCUT2D eigenvalue weighted by atomic mass is 9.86. The molecule has 0 unspecified atom stereocenters. The van der Waals surface area contributed by atoms with Crippen LogP contribution in [-0.4, -0.2) is 50.7 Å². The minimum atomic E-state index is -0.580. The molecule has 0 bridgehead atoms. The molecule has 7 heteroatoms. The summed E-state index contributed by atoms with van der Waals surface area (Å²) in [6.45, 7) is 8.72. The quantitative estimate of drug-likeness (QED) is 0.350. The SMILES string of the molecule is CC1(C)C[C@H](C(=O)NCCCNC(=O)CI)C(C)(C)N1O. The number of halogens is 1. The number of nitrogens with one attached hydrogen (secondary N) is 2. The van der Waals surface area contributed by atoms with Gasteiger partial charge in [0.1, 0.15) is 0 Å². The van der Waals surface area contributed by atoms with Gasteiger partial charge in [0.15, 0.2) is 0 Å². The molecular formula is C14H26IN3O3. The Morgan fingerprint density at radius 1 is 1.24 bits per heavy atom. The molecule has 1 saturated heterocycles. The number of amides is 2. The van der Waals surface area contributed by atoms with Crippen LogP contribution in [0, 0.1) is 5.92 Å². The molecule has 122 valence electrons. The molecule has 21 heavy (non-hydrogen) atoms. The van der Waals surface area contributed by atoms with Gasteiger partial charge in [0, 0.05) is 18.6 Å². The van der Waals surface area contributed by atoms with E-state index in [1.165, 1.54) is 5.06 Å². The molecule has 0 aliphatic carbocycles. The van der Waals surface area contributed by atoms with Crippen LogP contribution in [0.5, 0.6) is 0 Å². The smallest absolute Gasteiger partial charge is 0.229 e. The second-order valence-corrected chi connectivity index (χ2v) is 7.43. The lowest BCUT2D eigenvalue weighted by Crippen LogP contribution is -2.50. The molecule has 1 fully saturated rings. The Hall–Kier alpha value is -0.410. The predicted octanol–water partition coefficient (Wildman–Crippen LogP) is 1.31. The minimum absolute atomic E-state index is 0.0107. The van der Waals surface area contributed by atoms with Gasteiger partial charge in [0.2, 0.25) is 11.8 Å². The lowest BCUT2D eigenvalue weighted by Gasteiger charge is -2.35. The van der Waals surface area contributed by atoms with E-state index in [0.717, 1.165) is 0 Å². The minimum Gasteiger partial charge on any atom is -0.356 e. The van der Waals surface area contributed by atoms with Crippen LogP contribution < -0.4 is 10.6 Å². The second-order valence-electron chi connectivity index (χ2n) is 6.66. The van der Waals surface area contributed by atoms with Crippen LogP contribution in [0.3, 0.4) is 0 Å². The number of hydrogen-bond acceptors (Lipinski definition) is 4. The molecule has 1 rings (SSSR count). The molecule has 0 aromatic heterocycles. The van der Waals surface area contributed by atoms with E-state index in [0.29, 0.717) is 30.4 Å². The summed E-state index contributed by atoms with van der Waals surface area (Å²) < 4.78 is 0.446. The van der Waals surface area contributed by atoms with Gasteiger partial charge in [0.25, 0.3) is 0 Å². The Morgan fingerprint density at radius 2 is 1.81 bits per heavy atom. The number of carbonyl (C=O) groups is 2. The topological polar surface area (TPSA) is 81.7 Å². The second kappa shape index (κ2) is 7.23. The van der Waals surface area contributed by atoms with E-state index < -0.39 is 11.1 Å². The highest BCUT2D eigenvalue weighted by atomic mass is 127. The lowest BCUT2D eigenvalue weighted by molar-refractivity contribution is -0.197. The average Bonchev–Trinajstić information content (AvgIpc) is 2.58. The maximum atomic E-state index is 12.3.